The molecule has 0 aliphatic rings. The fourth-order valence-corrected chi connectivity index (χ4v) is 2.13. The van der Waals surface area contributed by atoms with E-state index in [-0.39, 0.29) is 16.6 Å². The molecule has 0 aromatic carbocycles. The van der Waals surface area contributed by atoms with Crippen molar-refractivity contribution in [3.8, 4) is 11.5 Å². The second-order valence-corrected chi connectivity index (χ2v) is 11.5. The Labute approximate surface area is 127 Å². The molecule has 21 heavy (non-hydrogen) atoms. The molecule has 2 N–H and O–H groups in total. The number of carbonyl (C=O) groups excluding carboxylic acids is 1. The second kappa shape index (κ2) is 5.86. The predicted octanol–water partition coefficient (Wildman–Crippen LogP) is 2.55. The molecule has 1 aromatic rings. The molecule has 0 saturated heterocycles. The Hall–Kier alpha value is -1.87. The van der Waals surface area contributed by atoms with E-state index in [1.807, 2.05) is 0 Å². The zero-order chi connectivity index (χ0) is 16.4. The zero-order valence-corrected chi connectivity index (χ0v) is 14.8. The number of aromatic nitrogens is 2. The molecule has 0 amide bonds. The number of methoxy groups -OCH3 is 1. The van der Waals surface area contributed by atoms with Gasteiger partial charge in [0.15, 0.2) is 17.2 Å². The Morgan fingerprint density at radius 3 is 2.33 bits per heavy atom. The summed E-state index contributed by atoms with van der Waals surface area (Å²) in [4.78, 5) is 20.0. The van der Waals surface area contributed by atoms with Crippen LogP contribution in [-0.4, -0.2) is 31.1 Å². The molecular formula is C15H23N3O2Si. The first-order chi connectivity index (χ1) is 9.49. The van der Waals surface area contributed by atoms with Gasteiger partial charge in [-0.3, -0.25) is 0 Å². The van der Waals surface area contributed by atoms with Crippen LogP contribution in [0.1, 0.15) is 42.6 Å². The number of hydrogen-bond acceptors (Lipinski definition) is 5. The lowest BCUT2D eigenvalue weighted by Crippen LogP contribution is -2.35. The maximum absolute atomic E-state index is 11.7. The van der Waals surface area contributed by atoms with E-state index >= 15 is 0 Å². The Kier molecular flexibility index (Phi) is 4.79. The molecule has 0 bridgehead atoms. The molecule has 1 rings (SSSR count). The van der Waals surface area contributed by atoms with E-state index in [1.165, 1.54) is 7.11 Å². The minimum atomic E-state index is -1.78. The maximum atomic E-state index is 11.7. The number of esters is 1. The molecule has 5 nitrogen and oxygen atoms in total. The number of ether oxygens (including phenoxy) is 1. The third kappa shape index (κ3) is 3.82. The van der Waals surface area contributed by atoms with Gasteiger partial charge in [-0.25, -0.2) is 14.8 Å². The van der Waals surface area contributed by atoms with Crippen LogP contribution in [0.3, 0.4) is 0 Å². The Bertz CT molecular complexity index is 622. The molecule has 0 atom stereocenters. The van der Waals surface area contributed by atoms with E-state index in [1.54, 1.807) is 6.92 Å². The molecule has 0 aliphatic carbocycles. The predicted molar refractivity (Wildman–Crippen MR) is 86.6 cm³/mol. The molecular weight excluding hydrogens is 282 g/mol. The standard InChI is InChI=1S/C15H23N3O2Si/c1-10-12(14(19)20-5)18-11(13(16)17-10)8-9-21(6,7)15(2,3)4/h1-7H3,(H2,16,17). The van der Waals surface area contributed by atoms with Crippen LogP contribution in [0.4, 0.5) is 5.82 Å². The summed E-state index contributed by atoms with van der Waals surface area (Å²) < 4.78 is 4.69. The lowest BCUT2D eigenvalue weighted by molar-refractivity contribution is 0.0592. The number of hydrogen-bond donors (Lipinski definition) is 1. The molecule has 0 saturated carbocycles. The van der Waals surface area contributed by atoms with Crippen LogP contribution in [-0.2, 0) is 4.74 Å². The smallest absolute Gasteiger partial charge is 0.358 e. The highest BCUT2D eigenvalue weighted by Crippen LogP contribution is 2.35. The number of aryl methyl sites for hydroxylation is 1. The van der Waals surface area contributed by atoms with Crippen LogP contribution in [0.25, 0.3) is 0 Å². The van der Waals surface area contributed by atoms with E-state index in [0.717, 1.165) is 0 Å². The van der Waals surface area contributed by atoms with Crippen LogP contribution in [0.2, 0.25) is 18.1 Å². The highest BCUT2D eigenvalue weighted by Gasteiger charge is 2.33. The summed E-state index contributed by atoms with van der Waals surface area (Å²) in [6, 6.07) is 0. The van der Waals surface area contributed by atoms with Gasteiger partial charge in [-0.15, -0.1) is 5.54 Å². The van der Waals surface area contributed by atoms with Gasteiger partial charge in [-0.2, -0.15) is 0 Å². The van der Waals surface area contributed by atoms with E-state index in [9.17, 15) is 4.79 Å². The summed E-state index contributed by atoms with van der Waals surface area (Å²) in [5.74, 6) is 2.72. The Morgan fingerprint density at radius 1 is 1.29 bits per heavy atom. The van der Waals surface area contributed by atoms with Crippen molar-refractivity contribution >= 4 is 19.9 Å². The van der Waals surface area contributed by atoms with Crippen LogP contribution < -0.4 is 5.73 Å². The lowest BCUT2D eigenvalue weighted by Gasteiger charge is -2.31. The fraction of sp³-hybridized carbons (Fsp3) is 0.533. The van der Waals surface area contributed by atoms with Gasteiger partial charge in [0, 0.05) is 0 Å². The van der Waals surface area contributed by atoms with Crippen molar-refractivity contribution < 1.29 is 9.53 Å². The Balaban J connectivity index is 3.32. The normalized spacial score (nSPS) is 11.6. The van der Waals surface area contributed by atoms with Crippen molar-refractivity contribution in [2.75, 3.05) is 12.8 Å². The van der Waals surface area contributed by atoms with Crippen molar-refractivity contribution in [2.24, 2.45) is 0 Å². The Morgan fingerprint density at radius 2 is 1.86 bits per heavy atom. The molecule has 0 spiro atoms. The molecule has 0 radical (unpaired) electrons. The largest absolute Gasteiger partial charge is 0.464 e. The average Bonchev–Trinajstić information content (AvgIpc) is 2.35. The molecule has 1 aromatic heterocycles. The van der Waals surface area contributed by atoms with Crippen molar-refractivity contribution in [1.29, 1.82) is 0 Å². The first-order valence-corrected chi connectivity index (χ1v) is 9.75. The summed E-state index contributed by atoms with van der Waals surface area (Å²) in [7, 11) is -0.471. The first kappa shape index (κ1) is 17.2. The topological polar surface area (TPSA) is 78.1 Å². The number of nitrogens with two attached hydrogens (primary N) is 1. The number of anilines is 1. The van der Waals surface area contributed by atoms with Crippen LogP contribution in [0, 0.1) is 18.4 Å². The van der Waals surface area contributed by atoms with Crippen molar-refractivity contribution in [2.45, 2.75) is 45.8 Å². The molecule has 0 unspecified atom stereocenters. The maximum Gasteiger partial charge on any atom is 0.358 e. The molecule has 0 fully saturated rings. The van der Waals surface area contributed by atoms with Gasteiger partial charge in [0.2, 0.25) is 0 Å². The van der Waals surface area contributed by atoms with Gasteiger partial charge in [-0.05, 0) is 12.0 Å². The minimum Gasteiger partial charge on any atom is -0.464 e. The number of nitrogen functional groups attached to an aromatic ring is 1. The second-order valence-electron chi connectivity index (χ2n) is 6.51. The van der Waals surface area contributed by atoms with E-state index in [2.05, 4.69) is 60.0 Å². The summed E-state index contributed by atoms with van der Waals surface area (Å²) >= 11 is 0. The van der Waals surface area contributed by atoms with Gasteiger partial charge in [0.1, 0.15) is 8.07 Å². The summed E-state index contributed by atoms with van der Waals surface area (Å²) in [6.07, 6.45) is 0. The quantitative estimate of drug-likeness (QED) is 0.490. The van der Waals surface area contributed by atoms with Gasteiger partial charge in [-0.1, -0.05) is 39.8 Å². The van der Waals surface area contributed by atoms with E-state index in [0.29, 0.717) is 11.4 Å². The average molecular weight is 305 g/mol. The van der Waals surface area contributed by atoms with Gasteiger partial charge >= 0.3 is 5.97 Å². The van der Waals surface area contributed by atoms with E-state index in [4.69, 9.17) is 5.73 Å². The minimum absolute atomic E-state index is 0.137. The molecule has 114 valence electrons. The van der Waals surface area contributed by atoms with Gasteiger partial charge < -0.3 is 10.5 Å². The van der Waals surface area contributed by atoms with Crippen molar-refractivity contribution in [3.63, 3.8) is 0 Å². The molecule has 0 aliphatic heterocycles. The van der Waals surface area contributed by atoms with Crippen LogP contribution in [0.5, 0.6) is 0 Å². The number of carbonyl (C=O) groups is 1. The third-order valence-corrected chi connectivity index (χ3v) is 8.34. The SMILES string of the molecule is COC(=O)c1nc(C#C[Si](C)(C)C(C)(C)C)c(N)nc1C. The van der Waals surface area contributed by atoms with Crippen molar-refractivity contribution in [3.05, 3.63) is 17.1 Å². The first-order valence-electron chi connectivity index (χ1n) is 6.75. The summed E-state index contributed by atoms with van der Waals surface area (Å²) in [5, 5.41) is 0.137. The number of nitrogens with zero attached hydrogens (tertiary/aromatic N) is 2. The third-order valence-electron chi connectivity index (χ3n) is 3.84. The monoisotopic (exact) mass is 305 g/mol. The van der Waals surface area contributed by atoms with Crippen molar-refractivity contribution in [1.82, 2.24) is 9.97 Å². The highest BCUT2D eigenvalue weighted by atomic mass is 28.3. The zero-order valence-electron chi connectivity index (χ0n) is 13.8. The highest BCUT2D eigenvalue weighted by molar-refractivity contribution is 6.87. The summed E-state index contributed by atoms with van der Waals surface area (Å²) in [5.41, 5.74) is 10.1. The molecule has 1 heterocycles. The molecule has 6 heteroatoms. The van der Waals surface area contributed by atoms with Crippen LogP contribution >= 0.6 is 0 Å². The lowest BCUT2D eigenvalue weighted by atomic mass is 10.2. The summed E-state index contributed by atoms with van der Waals surface area (Å²) in [6.45, 7) is 12.6. The van der Waals surface area contributed by atoms with Crippen LogP contribution in [0.15, 0.2) is 0 Å². The van der Waals surface area contributed by atoms with Gasteiger partial charge in [0.25, 0.3) is 0 Å². The van der Waals surface area contributed by atoms with Gasteiger partial charge in [0.05, 0.1) is 12.8 Å². The number of rotatable bonds is 1. The fourth-order valence-electron chi connectivity index (χ4n) is 1.32. The van der Waals surface area contributed by atoms with E-state index < -0.39 is 14.0 Å².